The second-order valence-electron chi connectivity index (χ2n) is 3.69. The second-order valence-corrected chi connectivity index (χ2v) is 3.69. The summed E-state index contributed by atoms with van der Waals surface area (Å²) < 4.78 is 0. The molecule has 2 aromatic rings. The van der Waals surface area contributed by atoms with Crippen LogP contribution in [0.3, 0.4) is 0 Å². The van der Waals surface area contributed by atoms with Crippen molar-refractivity contribution >= 4 is 23.8 Å². The van der Waals surface area contributed by atoms with Crippen molar-refractivity contribution in [2.45, 2.75) is 0 Å². The van der Waals surface area contributed by atoms with Crippen LogP contribution in [0.15, 0.2) is 43.0 Å². The molecule has 2 aromatic heterocycles. The van der Waals surface area contributed by atoms with Gasteiger partial charge >= 0.3 is 5.97 Å². The Kier molecular flexibility index (Phi) is 4.13. The molecule has 0 aliphatic heterocycles. The molecule has 0 radical (unpaired) electrons. The van der Waals surface area contributed by atoms with Gasteiger partial charge in [0.05, 0.1) is 6.20 Å². The largest absolute Gasteiger partial charge is 0.478 e. The molecule has 0 saturated carbocycles. The third kappa shape index (κ3) is 3.70. The first-order valence-corrected chi connectivity index (χ1v) is 5.59. The van der Waals surface area contributed by atoms with E-state index in [0.717, 1.165) is 6.08 Å². The lowest BCUT2D eigenvalue weighted by Crippen LogP contribution is -2.14. The van der Waals surface area contributed by atoms with E-state index < -0.39 is 11.9 Å². The number of hydrogen-bond donors (Lipinski definition) is 2. The summed E-state index contributed by atoms with van der Waals surface area (Å²) in [7, 11) is 0. The van der Waals surface area contributed by atoms with E-state index in [1.54, 1.807) is 6.07 Å². The van der Waals surface area contributed by atoms with Gasteiger partial charge in [-0.25, -0.2) is 9.78 Å². The van der Waals surface area contributed by atoms with Crippen molar-refractivity contribution < 1.29 is 14.7 Å². The summed E-state index contributed by atoms with van der Waals surface area (Å²) >= 11 is 0. The minimum atomic E-state index is -1.05. The van der Waals surface area contributed by atoms with Gasteiger partial charge in [-0.1, -0.05) is 6.07 Å². The van der Waals surface area contributed by atoms with Gasteiger partial charge in [0.15, 0.2) is 5.82 Å². The Morgan fingerprint density at radius 3 is 2.60 bits per heavy atom. The van der Waals surface area contributed by atoms with E-state index in [0.29, 0.717) is 11.4 Å². The number of rotatable bonds is 4. The highest BCUT2D eigenvalue weighted by molar-refractivity contribution is 6.02. The van der Waals surface area contributed by atoms with E-state index in [9.17, 15) is 9.59 Å². The van der Waals surface area contributed by atoms with Crippen LogP contribution in [-0.4, -0.2) is 31.9 Å². The molecule has 0 atom stereocenters. The van der Waals surface area contributed by atoms with Gasteiger partial charge in [0.2, 0.25) is 0 Å². The second kappa shape index (κ2) is 6.19. The van der Waals surface area contributed by atoms with Gasteiger partial charge in [0, 0.05) is 24.7 Å². The van der Waals surface area contributed by atoms with Gasteiger partial charge in [-0.2, -0.15) is 0 Å². The number of aliphatic carboxylic acids is 1. The van der Waals surface area contributed by atoms with E-state index in [1.807, 2.05) is 0 Å². The number of nitrogens with zero attached hydrogens (tertiary/aromatic N) is 3. The topological polar surface area (TPSA) is 105 Å². The van der Waals surface area contributed by atoms with Crippen LogP contribution in [0.25, 0.3) is 6.08 Å². The molecule has 0 saturated heterocycles. The molecule has 2 heterocycles. The fourth-order valence-corrected chi connectivity index (χ4v) is 1.35. The van der Waals surface area contributed by atoms with Crippen LogP contribution in [0.2, 0.25) is 0 Å². The first kappa shape index (κ1) is 13.3. The maximum Gasteiger partial charge on any atom is 0.328 e. The highest BCUT2D eigenvalue weighted by Crippen LogP contribution is 2.05. The van der Waals surface area contributed by atoms with Crippen molar-refractivity contribution in [1.29, 1.82) is 0 Å². The maximum absolute atomic E-state index is 11.8. The fraction of sp³-hybridized carbons (Fsp3) is 0. The summed E-state index contributed by atoms with van der Waals surface area (Å²) in [4.78, 5) is 33.9. The number of aromatic nitrogens is 3. The van der Waals surface area contributed by atoms with Crippen molar-refractivity contribution in [3.8, 4) is 0 Å². The number of carbonyl (C=O) groups is 2. The first-order valence-electron chi connectivity index (χ1n) is 5.59. The summed E-state index contributed by atoms with van der Waals surface area (Å²) in [5.41, 5.74) is 0.784. The number of anilines is 1. The van der Waals surface area contributed by atoms with Crippen molar-refractivity contribution in [2.75, 3.05) is 5.32 Å². The van der Waals surface area contributed by atoms with E-state index in [-0.39, 0.29) is 5.69 Å². The molecule has 0 bridgehead atoms. The molecule has 20 heavy (non-hydrogen) atoms. The normalized spacial score (nSPS) is 10.4. The van der Waals surface area contributed by atoms with Crippen molar-refractivity contribution in [1.82, 2.24) is 15.0 Å². The number of nitrogens with one attached hydrogen (secondary N) is 1. The van der Waals surface area contributed by atoms with E-state index in [2.05, 4.69) is 20.3 Å². The number of amides is 1. The summed E-state index contributed by atoms with van der Waals surface area (Å²) in [5.74, 6) is -1.14. The zero-order valence-corrected chi connectivity index (χ0v) is 10.2. The highest BCUT2D eigenvalue weighted by atomic mass is 16.4. The summed E-state index contributed by atoms with van der Waals surface area (Å²) in [5, 5.41) is 11.0. The van der Waals surface area contributed by atoms with Crippen LogP contribution >= 0.6 is 0 Å². The minimum absolute atomic E-state index is 0.197. The number of hydrogen-bond acceptors (Lipinski definition) is 5. The van der Waals surface area contributed by atoms with Crippen LogP contribution in [0, 0.1) is 0 Å². The first-order chi connectivity index (χ1) is 9.65. The quantitative estimate of drug-likeness (QED) is 0.809. The molecule has 100 valence electrons. The van der Waals surface area contributed by atoms with Crippen LogP contribution < -0.4 is 5.32 Å². The van der Waals surface area contributed by atoms with E-state index >= 15 is 0 Å². The Bertz CT molecular complexity index is 638. The van der Waals surface area contributed by atoms with Gasteiger partial charge in [0.25, 0.3) is 5.91 Å². The molecule has 0 fully saturated rings. The third-order valence-corrected chi connectivity index (χ3v) is 2.24. The summed E-state index contributed by atoms with van der Waals surface area (Å²) in [6.45, 7) is 0. The molecule has 2 N–H and O–H groups in total. The van der Waals surface area contributed by atoms with Gasteiger partial charge < -0.3 is 10.4 Å². The Morgan fingerprint density at radius 1 is 1.15 bits per heavy atom. The average Bonchev–Trinajstić information content (AvgIpc) is 2.46. The Hall–Kier alpha value is -3.09. The molecular formula is C13H10N4O3. The van der Waals surface area contributed by atoms with Gasteiger partial charge in [-0.3, -0.25) is 14.8 Å². The minimum Gasteiger partial charge on any atom is -0.478 e. The molecular weight excluding hydrogens is 260 g/mol. The summed E-state index contributed by atoms with van der Waals surface area (Å²) in [6, 6.07) is 3.09. The van der Waals surface area contributed by atoms with Crippen molar-refractivity contribution in [3.63, 3.8) is 0 Å². The van der Waals surface area contributed by atoms with Crippen molar-refractivity contribution in [2.24, 2.45) is 0 Å². The number of carboxylic acids is 1. The zero-order chi connectivity index (χ0) is 14.4. The van der Waals surface area contributed by atoms with Crippen LogP contribution in [0.1, 0.15) is 16.1 Å². The van der Waals surface area contributed by atoms with Crippen LogP contribution in [0.4, 0.5) is 5.82 Å². The monoisotopic (exact) mass is 270 g/mol. The Morgan fingerprint density at radius 2 is 2.00 bits per heavy atom. The van der Waals surface area contributed by atoms with Gasteiger partial charge in [0.1, 0.15) is 5.69 Å². The zero-order valence-electron chi connectivity index (χ0n) is 10.2. The molecule has 0 aromatic carbocycles. The molecule has 7 nitrogen and oxygen atoms in total. The highest BCUT2D eigenvalue weighted by Gasteiger charge is 2.07. The lowest BCUT2D eigenvalue weighted by Gasteiger charge is -2.02. The van der Waals surface area contributed by atoms with Crippen LogP contribution in [-0.2, 0) is 4.79 Å². The van der Waals surface area contributed by atoms with Gasteiger partial charge in [-0.05, 0) is 17.7 Å². The Labute approximate surface area is 114 Å². The molecule has 2 rings (SSSR count). The average molecular weight is 270 g/mol. The SMILES string of the molecule is O=C(O)C=Cc1ccc(C(=O)Nc2cnccn2)nc1. The fourth-order valence-electron chi connectivity index (χ4n) is 1.35. The number of pyridine rings is 1. The molecule has 1 amide bonds. The predicted octanol–water partition coefficient (Wildman–Crippen LogP) is 1.22. The standard InChI is InChI=1S/C13H10N4O3/c18-12(19)4-2-9-1-3-10(16-7-9)13(20)17-11-8-14-5-6-15-11/h1-8H,(H,18,19)(H,15,17,20). The molecule has 0 spiro atoms. The summed E-state index contributed by atoms with van der Waals surface area (Å²) in [6.07, 6.45) is 8.17. The van der Waals surface area contributed by atoms with Crippen LogP contribution in [0.5, 0.6) is 0 Å². The maximum atomic E-state index is 11.8. The smallest absolute Gasteiger partial charge is 0.328 e. The van der Waals surface area contributed by atoms with Gasteiger partial charge in [-0.15, -0.1) is 0 Å². The molecule has 0 aliphatic carbocycles. The lowest BCUT2D eigenvalue weighted by molar-refractivity contribution is -0.131. The lowest BCUT2D eigenvalue weighted by atomic mass is 10.2. The number of carboxylic acid groups (broad SMARTS) is 1. The number of carbonyl (C=O) groups excluding carboxylic acids is 1. The Balaban J connectivity index is 2.06. The third-order valence-electron chi connectivity index (χ3n) is 2.24. The predicted molar refractivity (Wildman–Crippen MR) is 70.9 cm³/mol. The van der Waals surface area contributed by atoms with Crippen molar-refractivity contribution in [3.05, 3.63) is 54.3 Å². The molecule has 7 heteroatoms. The van der Waals surface area contributed by atoms with E-state index in [1.165, 1.54) is 36.9 Å². The molecule has 0 aliphatic rings. The van der Waals surface area contributed by atoms with E-state index in [4.69, 9.17) is 5.11 Å². The molecule has 0 unspecified atom stereocenters.